The lowest BCUT2D eigenvalue weighted by Crippen LogP contribution is -2.55. The highest BCUT2D eigenvalue weighted by molar-refractivity contribution is 5.76. The third kappa shape index (κ3) is 3.24. The molecule has 1 aliphatic heterocycles. The molecule has 1 amide bonds. The van der Waals surface area contributed by atoms with Crippen LogP contribution >= 0.6 is 0 Å². The summed E-state index contributed by atoms with van der Waals surface area (Å²) in [5.74, 6) is 0.116. The van der Waals surface area contributed by atoms with Crippen LogP contribution in [0.1, 0.15) is 56.2 Å². The van der Waals surface area contributed by atoms with E-state index in [0.717, 1.165) is 62.6 Å². The summed E-state index contributed by atoms with van der Waals surface area (Å²) < 4.78 is 1.33. The Bertz CT molecular complexity index is 729. The number of likely N-dealkylation sites (tertiary alicyclic amines) is 1. The van der Waals surface area contributed by atoms with Crippen molar-refractivity contribution < 1.29 is 9.90 Å². The summed E-state index contributed by atoms with van der Waals surface area (Å²) in [4.78, 5) is 26.8. The van der Waals surface area contributed by atoms with E-state index in [0.29, 0.717) is 19.5 Å². The van der Waals surface area contributed by atoms with E-state index in [1.807, 2.05) is 4.90 Å². The van der Waals surface area contributed by atoms with E-state index < -0.39 is 5.60 Å². The predicted molar refractivity (Wildman–Crippen MR) is 93.2 cm³/mol. The number of amides is 1. The molecule has 3 aliphatic rings. The summed E-state index contributed by atoms with van der Waals surface area (Å²) in [7, 11) is 0. The molecule has 1 aromatic heterocycles. The summed E-state index contributed by atoms with van der Waals surface area (Å²) >= 11 is 0. The standard InChI is InChI=1S/C19H27N3O3/c23-17-11-14-5-1-2-7-16(14)20-22(17)13-18(24)21-10-9-19(25)8-4-3-6-15(19)12-21/h11,15,25H,1-10,12-13H2/t15-,19-/m0/s1. The summed E-state index contributed by atoms with van der Waals surface area (Å²) in [6, 6.07) is 1.66. The molecule has 2 aliphatic carbocycles. The van der Waals surface area contributed by atoms with E-state index in [1.165, 1.54) is 4.68 Å². The second-order valence-electron chi connectivity index (χ2n) is 7.96. The number of aromatic nitrogens is 2. The number of aryl methyl sites for hydroxylation is 2. The lowest BCUT2D eigenvalue weighted by molar-refractivity contribution is -0.144. The quantitative estimate of drug-likeness (QED) is 0.876. The van der Waals surface area contributed by atoms with Crippen LogP contribution in [0.5, 0.6) is 0 Å². The Kier molecular flexibility index (Phi) is 4.40. The van der Waals surface area contributed by atoms with Gasteiger partial charge in [-0.1, -0.05) is 12.8 Å². The fourth-order valence-electron chi connectivity index (χ4n) is 4.74. The van der Waals surface area contributed by atoms with Gasteiger partial charge in [-0.25, -0.2) is 4.68 Å². The molecular formula is C19H27N3O3. The molecule has 2 heterocycles. The zero-order valence-corrected chi connectivity index (χ0v) is 14.7. The molecular weight excluding hydrogens is 318 g/mol. The van der Waals surface area contributed by atoms with E-state index in [2.05, 4.69) is 5.10 Å². The average molecular weight is 345 g/mol. The van der Waals surface area contributed by atoms with Crippen molar-refractivity contribution >= 4 is 5.91 Å². The van der Waals surface area contributed by atoms with Gasteiger partial charge in [0.05, 0.1) is 11.3 Å². The van der Waals surface area contributed by atoms with Gasteiger partial charge in [-0.2, -0.15) is 5.10 Å². The molecule has 25 heavy (non-hydrogen) atoms. The monoisotopic (exact) mass is 345 g/mol. The molecule has 2 atom stereocenters. The number of hydrogen-bond donors (Lipinski definition) is 1. The Morgan fingerprint density at radius 1 is 1.24 bits per heavy atom. The summed E-state index contributed by atoms with van der Waals surface area (Å²) in [5.41, 5.74) is 1.25. The summed E-state index contributed by atoms with van der Waals surface area (Å²) in [6.07, 6.45) is 8.70. The van der Waals surface area contributed by atoms with Gasteiger partial charge in [0.2, 0.25) is 5.91 Å². The number of nitrogens with zero attached hydrogens (tertiary/aromatic N) is 3. The maximum atomic E-state index is 12.7. The Balaban J connectivity index is 1.46. The summed E-state index contributed by atoms with van der Waals surface area (Å²) in [6.45, 7) is 1.19. The van der Waals surface area contributed by atoms with E-state index in [9.17, 15) is 14.7 Å². The first-order valence-corrected chi connectivity index (χ1v) is 9.65. The first-order chi connectivity index (χ1) is 12.0. The minimum Gasteiger partial charge on any atom is -0.389 e. The SMILES string of the molecule is O=C(Cn1nc2c(cc1=O)CCCC2)N1CC[C@@]2(O)CCCC[C@H]2C1. The van der Waals surface area contributed by atoms with Crippen molar-refractivity contribution in [2.24, 2.45) is 5.92 Å². The van der Waals surface area contributed by atoms with Crippen molar-refractivity contribution in [2.45, 2.75) is 69.9 Å². The minimum absolute atomic E-state index is 0.0112. The zero-order chi connectivity index (χ0) is 17.4. The molecule has 1 saturated heterocycles. The van der Waals surface area contributed by atoms with Gasteiger partial charge in [0.25, 0.3) is 5.56 Å². The second kappa shape index (κ2) is 6.56. The lowest BCUT2D eigenvalue weighted by atomic mass is 9.71. The van der Waals surface area contributed by atoms with Crippen molar-refractivity contribution in [3.63, 3.8) is 0 Å². The van der Waals surface area contributed by atoms with Crippen LogP contribution < -0.4 is 5.56 Å². The average Bonchev–Trinajstić information content (AvgIpc) is 2.61. The van der Waals surface area contributed by atoms with Crippen LogP contribution in [0, 0.1) is 5.92 Å². The Labute approximate surface area is 147 Å². The molecule has 6 heteroatoms. The molecule has 2 fully saturated rings. The Morgan fingerprint density at radius 3 is 2.96 bits per heavy atom. The molecule has 0 bridgehead atoms. The molecule has 4 rings (SSSR count). The third-order valence-corrected chi connectivity index (χ3v) is 6.34. The molecule has 0 unspecified atom stereocenters. The highest BCUT2D eigenvalue weighted by Gasteiger charge is 2.43. The van der Waals surface area contributed by atoms with E-state index in [-0.39, 0.29) is 23.9 Å². The Morgan fingerprint density at radius 2 is 2.08 bits per heavy atom. The topological polar surface area (TPSA) is 75.4 Å². The maximum Gasteiger partial charge on any atom is 0.267 e. The highest BCUT2D eigenvalue weighted by atomic mass is 16.3. The molecule has 0 radical (unpaired) electrons. The van der Waals surface area contributed by atoms with Crippen LogP contribution in [0.25, 0.3) is 0 Å². The van der Waals surface area contributed by atoms with Crippen molar-refractivity contribution in [2.75, 3.05) is 13.1 Å². The van der Waals surface area contributed by atoms with E-state index in [4.69, 9.17) is 0 Å². The first kappa shape index (κ1) is 16.8. The summed E-state index contributed by atoms with van der Waals surface area (Å²) in [5, 5.41) is 15.2. The third-order valence-electron chi connectivity index (χ3n) is 6.34. The van der Waals surface area contributed by atoms with Crippen molar-refractivity contribution in [1.82, 2.24) is 14.7 Å². The number of hydrogen-bond acceptors (Lipinski definition) is 4. The van der Waals surface area contributed by atoms with E-state index >= 15 is 0 Å². The highest BCUT2D eigenvalue weighted by Crippen LogP contribution is 2.39. The number of rotatable bonds is 2. The second-order valence-corrected chi connectivity index (χ2v) is 7.96. The fourth-order valence-corrected chi connectivity index (χ4v) is 4.74. The molecule has 0 spiro atoms. The number of piperidine rings is 1. The number of aliphatic hydroxyl groups is 1. The number of fused-ring (bicyclic) bond motifs is 2. The van der Waals surface area contributed by atoms with Crippen LogP contribution in [0.4, 0.5) is 0 Å². The van der Waals surface area contributed by atoms with Gasteiger partial charge in [-0.05, 0) is 50.5 Å². The number of carbonyl (C=O) groups is 1. The van der Waals surface area contributed by atoms with Crippen LogP contribution in [0.2, 0.25) is 0 Å². The molecule has 1 N–H and O–H groups in total. The minimum atomic E-state index is -0.587. The molecule has 1 saturated carbocycles. The van der Waals surface area contributed by atoms with Crippen molar-refractivity contribution in [3.05, 3.63) is 27.7 Å². The van der Waals surface area contributed by atoms with Gasteiger partial charge in [-0.3, -0.25) is 9.59 Å². The van der Waals surface area contributed by atoms with Gasteiger partial charge in [0.1, 0.15) is 6.54 Å². The van der Waals surface area contributed by atoms with Gasteiger partial charge in [0, 0.05) is 25.1 Å². The normalized spacial score (nSPS) is 29.0. The smallest absolute Gasteiger partial charge is 0.267 e. The predicted octanol–water partition coefficient (Wildman–Crippen LogP) is 1.28. The van der Waals surface area contributed by atoms with Crippen molar-refractivity contribution in [3.8, 4) is 0 Å². The fraction of sp³-hybridized carbons (Fsp3) is 0.737. The van der Waals surface area contributed by atoms with Gasteiger partial charge in [-0.15, -0.1) is 0 Å². The molecule has 1 aromatic rings. The largest absolute Gasteiger partial charge is 0.389 e. The van der Waals surface area contributed by atoms with Gasteiger partial charge >= 0.3 is 0 Å². The van der Waals surface area contributed by atoms with Crippen molar-refractivity contribution in [1.29, 1.82) is 0 Å². The van der Waals surface area contributed by atoms with Gasteiger partial charge in [0.15, 0.2) is 0 Å². The molecule has 0 aromatic carbocycles. The zero-order valence-electron chi connectivity index (χ0n) is 14.7. The Hall–Kier alpha value is -1.69. The van der Waals surface area contributed by atoms with E-state index in [1.54, 1.807) is 6.07 Å². The number of carbonyl (C=O) groups excluding carboxylic acids is 1. The maximum absolute atomic E-state index is 12.7. The molecule has 6 nitrogen and oxygen atoms in total. The first-order valence-electron chi connectivity index (χ1n) is 9.65. The lowest BCUT2D eigenvalue weighted by Gasteiger charge is -2.47. The van der Waals surface area contributed by atoms with Crippen LogP contribution in [-0.2, 0) is 24.2 Å². The van der Waals surface area contributed by atoms with Crippen LogP contribution in [0.15, 0.2) is 10.9 Å². The van der Waals surface area contributed by atoms with Crippen LogP contribution in [-0.4, -0.2) is 44.4 Å². The molecule has 136 valence electrons. The van der Waals surface area contributed by atoms with Gasteiger partial charge < -0.3 is 10.0 Å². The van der Waals surface area contributed by atoms with Crippen LogP contribution in [0.3, 0.4) is 0 Å².